The molecular weight excluding hydrogens is 234 g/mol. The summed E-state index contributed by atoms with van der Waals surface area (Å²) in [6, 6.07) is 0. The molecule has 0 bridgehead atoms. The molecule has 6 nitrogen and oxygen atoms in total. The lowest BCUT2D eigenvalue weighted by Crippen LogP contribution is -2.57. The third kappa shape index (κ3) is 3.43. The van der Waals surface area contributed by atoms with Crippen molar-refractivity contribution >= 4 is 16.0 Å². The van der Waals surface area contributed by atoms with Gasteiger partial charge in [-0.1, -0.05) is 0 Å². The largest absolute Gasteiger partial charge is 0.465 e. The Balaban J connectivity index is 2.54. The second-order valence-corrected chi connectivity index (χ2v) is 5.68. The predicted molar refractivity (Wildman–Crippen MR) is 57.2 cm³/mol. The standard InChI is InChI=1S/C9H17NO5S/c1-2-15-8(12)6-16(13,14)10-9(7-11)4-3-5-9/h10-11H,2-7H2,1H3. The molecule has 1 fully saturated rings. The molecule has 94 valence electrons. The van der Waals surface area contributed by atoms with E-state index in [0.29, 0.717) is 12.8 Å². The maximum atomic E-state index is 11.6. The molecule has 1 aliphatic carbocycles. The van der Waals surface area contributed by atoms with Gasteiger partial charge in [-0.25, -0.2) is 13.1 Å². The average molecular weight is 251 g/mol. The number of aliphatic hydroxyl groups is 1. The average Bonchev–Trinajstić information content (AvgIpc) is 2.11. The van der Waals surface area contributed by atoms with Crippen LogP contribution < -0.4 is 4.72 Å². The van der Waals surface area contributed by atoms with E-state index in [4.69, 9.17) is 5.11 Å². The summed E-state index contributed by atoms with van der Waals surface area (Å²) in [6.07, 6.45) is 2.08. The van der Waals surface area contributed by atoms with Crippen molar-refractivity contribution in [2.45, 2.75) is 31.7 Å². The van der Waals surface area contributed by atoms with E-state index in [1.165, 1.54) is 0 Å². The molecule has 7 heteroatoms. The van der Waals surface area contributed by atoms with Gasteiger partial charge in [0.25, 0.3) is 0 Å². The van der Waals surface area contributed by atoms with Gasteiger partial charge in [0.1, 0.15) is 0 Å². The lowest BCUT2D eigenvalue weighted by Gasteiger charge is -2.40. The van der Waals surface area contributed by atoms with Crippen molar-refractivity contribution in [1.29, 1.82) is 0 Å². The monoisotopic (exact) mass is 251 g/mol. The first-order valence-corrected chi connectivity index (χ1v) is 6.86. The van der Waals surface area contributed by atoms with Gasteiger partial charge in [0, 0.05) is 0 Å². The van der Waals surface area contributed by atoms with Gasteiger partial charge in [0.15, 0.2) is 5.75 Å². The van der Waals surface area contributed by atoms with Crippen LogP contribution in [0.4, 0.5) is 0 Å². The quantitative estimate of drug-likeness (QED) is 0.614. The normalized spacial score (nSPS) is 18.9. The minimum atomic E-state index is -3.72. The van der Waals surface area contributed by atoms with Crippen LogP contribution >= 0.6 is 0 Å². The van der Waals surface area contributed by atoms with E-state index in [9.17, 15) is 13.2 Å². The third-order valence-electron chi connectivity index (χ3n) is 2.60. The van der Waals surface area contributed by atoms with Crippen LogP contribution in [0, 0.1) is 0 Å². The summed E-state index contributed by atoms with van der Waals surface area (Å²) in [7, 11) is -3.72. The summed E-state index contributed by atoms with van der Waals surface area (Å²) in [6.45, 7) is 1.52. The molecule has 16 heavy (non-hydrogen) atoms. The first-order chi connectivity index (χ1) is 7.43. The van der Waals surface area contributed by atoms with E-state index in [2.05, 4.69) is 9.46 Å². The number of ether oxygens (including phenoxy) is 1. The van der Waals surface area contributed by atoms with Gasteiger partial charge in [-0.15, -0.1) is 0 Å². The van der Waals surface area contributed by atoms with E-state index in [1.54, 1.807) is 6.92 Å². The SMILES string of the molecule is CCOC(=O)CS(=O)(=O)NC1(CO)CCC1. The van der Waals surface area contributed by atoms with Crippen molar-refractivity contribution in [3.8, 4) is 0 Å². The Hall–Kier alpha value is -0.660. The summed E-state index contributed by atoms with van der Waals surface area (Å²) < 4.78 is 30.0. The number of rotatable bonds is 6. The molecule has 0 aliphatic heterocycles. The van der Waals surface area contributed by atoms with Crippen molar-refractivity contribution in [2.75, 3.05) is 19.0 Å². The fourth-order valence-corrected chi connectivity index (χ4v) is 3.01. The summed E-state index contributed by atoms with van der Waals surface area (Å²) in [4.78, 5) is 11.0. The molecule has 0 atom stereocenters. The molecule has 0 spiro atoms. The van der Waals surface area contributed by atoms with E-state index >= 15 is 0 Å². The number of aliphatic hydroxyl groups excluding tert-OH is 1. The lowest BCUT2D eigenvalue weighted by molar-refractivity contribution is -0.139. The minimum Gasteiger partial charge on any atom is -0.465 e. The Morgan fingerprint density at radius 2 is 2.12 bits per heavy atom. The zero-order valence-electron chi connectivity index (χ0n) is 9.23. The highest BCUT2D eigenvalue weighted by molar-refractivity contribution is 7.90. The predicted octanol–water partition coefficient (Wildman–Crippen LogP) is -0.616. The highest BCUT2D eigenvalue weighted by Gasteiger charge is 2.40. The van der Waals surface area contributed by atoms with Crippen LogP contribution in [0.2, 0.25) is 0 Å². The number of hydrogen-bond donors (Lipinski definition) is 2. The van der Waals surface area contributed by atoms with Crippen molar-refractivity contribution in [3.63, 3.8) is 0 Å². The summed E-state index contributed by atoms with van der Waals surface area (Å²) in [5.41, 5.74) is -0.759. The van der Waals surface area contributed by atoms with Crippen LogP contribution in [0.25, 0.3) is 0 Å². The van der Waals surface area contributed by atoms with Crippen molar-refractivity contribution in [3.05, 3.63) is 0 Å². The number of esters is 1. The summed E-state index contributed by atoms with van der Waals surface area (Å²) >= 11 is 0. The van der Waals surface area contributed by atoms with E-state index in [-0.39, 0.29) is 13.2 Å². The smallest absolute Gasteiger partial charge is 0.322 e. The number of carbonyl (C=O) groups excluding carboxylic acids is 1. The zero-order valence-corrected chi connectivity index (χ0v) is 10.0. The molecular formula is C9H17NO5S. The Kier molecular flexibility index (Phi) is 4.28. The van der Waals surface area contributed by atoms with Gasteiger partial charge >= 0.3 is 5.97 Å². The zero-order chi connectivity index (χ0) is 12.2. The molecule has 1 rings (SSSR count). The van der Waals surface area contributed by atoms with Crippen LogP contribution in [-0.4, -0.2) is 44.0 Å². The van der Waals surface area contributed by atoms with Gasteiger partial charge in [0.2, 0.25) is 10.0 Å². The Morgan fingerprint density at radius 1 is 1.50 bits per heavy atom. The van der Waals surface area contributed by atoms with Crippen LogP contribution in [-0.2, 0) is 19.6 Å². The van der Waals surface area contributed by atoms with E-state index < -0.39 is 27.3 Å². The fourth-order valence-electron chi connectivity index (χ4n) is 1.62. The van der Waals surface area contributed by atoms with Crippen LogP contribution in [0.1, 0.15) is 26.2 Å². The highest BCUT2D eigenvalue weighted by Crippen LogP contribution is 2.31. The van der Waals surface area contributed by atoms with Crippen LogP contribution in [0.5, 0.6) is 0 Å². The Labute approximate surface area is 95.0 Å². The van der Waals surface area contributed by atoms with Crippen molar-refractivity contribution in [2.24, 2.45) is 0 Å². The van der Waals surface area contributed by atoms with Gasteiger partial charge in [-0.3, -0.25) is 4.79 Å². The van der Waals surface area contributed by atoms with Crippen molar-refractivity contribution in [1.82, 2.24) is 4.72 Å². The van der Waals surface area contributed by atoms with Gasteiger partial charge in [0.05, 0.1) is 18.8 Å². The summed E-state index contributed by atoms with van der Waals surface area (Å²) in [5, 5.41) is 9.09. The highest BCUT2D eigenvalue weighted by atomic mass is 32.2. The van der Waals surface area contributed by atoms with E-state index in [1.807, 2.05) is 0 Å². The molecule has 2 N–H and O–H groups in total. The molecule has 0 aromatic carbocycles. The molecule has 0 heterocycles. The molecule has 0 aromatic rings. The first kappa shape index (κ1) is 13.4. The lowest BCUT2D eigenvalue weighted by atomic mass is 9.78. The van der Waals surface area contributed by atoms with E-state index in [0.717, 1.165) is 6.42 Å². The molecule has 0 saturated heterocycles. The fraction of sp³-hybridized carbons (Fsp3) is 0.889. The second-order valence-electron chi connectivity index (χ2n) is 3.96. The van der Waals surface area contributed by atoms with Crippen LogP contribution in [0.15, 0.2) is 0 Å². The Morgan fingerprint density at radius 3 is 2.50 bits per heavy atom. The number of nitrogens with one attached hydrogen (secondary N) is 1. The summed E-state index contributed by atoms with van der Waals surface area (Å²) in [5.74, 6) is -1.47. The van der Waals surface area contributed by atoms with Gasteiger partial charge in [-0.05, 0) is 26.2 Å². The molecule has 0 radical (unpaired) electrons. The third-order valence-corrected chi connectivity index (χ3v) is 3.96. The maximum Gasteiger partial charge on any atom is 0.322 e. The van der Waals surface area contributed by atoms with Gasteiger partial charge < -0.3 is 9.84 Å². The van der Waals surface area contributed by atoms with Crippen LogP contribution in [0.3, 0.4) is 0 Å². The number of sulfonamides is 1. The maximum absolute atomic E-state index is 11.6. The molecule has 1 aliphatic rings. The second kappa shape index (κ2) is 5.11. The number of carbonyl (C=O) groups is 1. The van der Waals surface area contributed by atoms with Gasteiger partial charge in [-0.2, -0.15) is 0 Å². The number of hydrogen-bond acceptors (Lipinski definition) is 5. The topological polar surface area (TPSA) is 92.7 Å². The molecule has 0 aromatic heterocycles. The molecule has 1 saturated carbocycles. The minimum absolute atomic E-state index is 0.152. The van der Waals surface area contributed by atoms with Crippen molar-refractivity contribution < 1.29 is 23.1 Å². The Bertz CT molecular complexity index is 341. The molecule has 0 unspecified atom stereocenters. The first-order valence-electron chi connectivity index (χ1n) is 5.21. The molecule has 0 amide bonds.